The summed E-state index contributed by atoms with van der Waals surface area (Å²) in [5.41, 5.74) is 0.220. The molecule has 0 aromatic heterocycles. The number of rotatable bonds is 5. The number of aliphatic hydroxyl groups is 1. The van der Waals surface area contributed by atoms with Crippen molar-refractivity contribution in [1.82, 2.24) is 4.90 Å². The van der Waals surface area contributed by atoms with Gasteiger partial charge in [-0.1, -0.05) is 89.9 Å². The molecule has 5 rings (SSSR count). The second-order valence-electron chi connectivity index (χ2n) is 10.0. The zero-order valence-electron chi connectivity index (χ0n) is 19.6. The highest BCUT2D eigenvalue weighted by atomic mass is 35.5. The second-order valence-corrected chi connectivity index (χ2v) is 10.8. The lowest BCUT2D eigenvalue weighted by molar-refractivity contribution is -0.172. The Hall–Kier alpha value is -2.37. The van der Waals surface area contributed by atoms with Gasteiger partial charge in [-0.05, 0) is 48.6 Å². The number of carbonyl (C=O) groups is 1. The predicted octanol–water partition coefficient (Wildman–Crippen LogP) is 6.35. The summed E-state index contributed by atoms with van der Waals surface area (Å²) in [6.45, 7) is 3.02. The molecule has 0 amide bonds. The van der Waals surface area contributed by atoms with Crippen molar-refractivity contribution in [2.45, 2.75) is 43.9 Å². The van der Waals surface area contributed by atoms with Crippen LogP contribution in [0.15, 0.2) is 78.9 Å². The first kappa shape index (κ1) is 24.3. The number of carboxylic acid groups (broad SMARTS) is 1. The highest BCUT2D eigenvalue weighted by Gasteiger charge is 2.68. The molecular formula is C29H29Cl2NO3. The summed E-state index contributed by atoms with van der Waals surface area (Å²) < 4.78 is 0. The molecule has 5 atom stereocenters. The Balaban J connectivity index is 1.66. The molecule has 3 aromatic rings. The minimum absolute atomic E-state index is 0.183. The van der Waals surface area contributed by atoms with E-state index < -0.39 is 22.9 Å². The Kier molecular flexibility index (Phi) is 6.43. The van der Waals surface area contributed by atoms with Crippen LogP contribution in [0.5, 0.6) is 0 Å². The number of likely N-dealkylation sites (tertiary alicyclic amines) is 1. The van der Waals surface area contributed by atoms with Crippen molar-refractivity contribution < 1.29 is 15.0 Å². The Morgan fingerprint density at radius 1 is 1.00 bits per heavy atom. The van der Waals surface area contributed by atoms with Crippen LogP contribution in [0, 0.1) is 11.3 Å². The SMILES string of the molecule is CC1C2C(O)(c3ccc(Cl)c(Cl)c3)CCC(c3ccccc3)C2(C(=O)O)CN1Cc1ccccc1. The summed E-state index contributed by atoms with van der Waals surface area (Å²) in [4.78, 5) is 15.6. The predicted molar refractivity (Wildman–Crippen MR) is 139 cm³/mol. The smallest absolute Gasteiger partial charge is 0.312 e. The van der Waals surface area contributed by atoms with Gasteiger partial charge < -0.3 is 10.2 Å². The van der Waals surface area contributed by atoms with E-state index in [0.717, 1.165) is 11.1 Å². The highest BCUT2D eigenvalue weighted by Crippen LogP contribution is 2.63. The van der Waals surface area contributed by atoms with E-state index in [0.29, 0.717) is 41.5 Å². The standard InChI is InChI=1S/C29H29Cl2NO3/c1-19-26-28(27(33)34,18-32(19)17-20-8-4-2-5-9-20)23(21-10-6-3-7-11-21)14-15-29(26,35)22-12-13-24(30)25(31)16-22/h2-13,16,19,23,26,35H,14-15,17-18H2,1H3,(H,33,34). The van der Waals surface area contributed by atoms with E-state index >= 15 is 0 Å². The molecule has 1 heterocycles. The zero-order valence-corrected chi connectivity index (χ0v) is 21.1. The molecule has 3 aromatic carbocycles. The van der Waals surface area contributed by atoms with Crippen LogP contribution < -0.4 is 0 Å². The van der Waals surface area contributed by atoms with E-state index in [1.54, 1.807) is 18.2 Å². The van der Waals surface area contributed by atoms with E-state index in [1.807, 2.05) is 55.5 Å². The molecule has 2 fully saturated rings. The normalized spacial score (nSPS) is 30.7. The van der Waals surface area contributed by atoms with E-state index in [4.69, 9.17) is 23.2 Å². The summed E-state index contributed by atoms with van der Waals surface area (Å²) in [5.74, 6) is -1.64. The van der Waals surface area contributed by atoms with Crippen LogP contribution in [0.1, 0.15) is 42.4 Å². The topological polar surface area (TPSA) is 60.8 Å². The van der Waals surface area contributed by atoms with Gasteiger partial charge in [-0.15, -0.1) is 0 Å². The molecule has 1 aliphatic carbocycles. The zero-order chi connectivity index (χ0) is 24.8. The van der Waals surface area contributed by atoms with Crippen LogP contribution in [-0.2, 0) is 16.9 Å². The van der Waals surface area contributed by atoms with E-state index in [1.165, 1.54) is 0 Å². The van der Waals surface area contributed by atoms with Crippen molar-refractivity contribution in [2.24, 2.45) is 11.3 Å². The summed E-state index contributed by atoms with van der Waals surface area (Å²) >= 11 is 12.5. The Bertz CT molecular complexity index is 1220. The van der Waals surface area contributed by atoms with E-state index in [-0.39, 0.29) is 12.0 Å². The van der Waals surface area contributed by atoms with Crippen molar-refractivity contribution >= 4 is 29.2 Å². The fraction of sp³-hybridized carbons (Fsp3) is 0.345. The molecule has 0 radical (unpaired) electrons. The maximum atomic E-state index is 13.3. The van der Waals surface area contributed by atoms with Gasteiger partial charge >= 0.3 is 5.97 Å². The first-order chi connectivity index (χ1) is 16.8. The third-order valence-corrected chi connectivity index (χ3v) is 9.02. The van der Waals surface area contributed by atoms with Gasteiger partial charge in [0.15, 0.2) is 0 Å². The third kappa shape index (κ3) is 3.97. The third-order valence-electron chi connectivity index (χ3n) is 8.28. The molecule has 0 spiro atoms. The maximum absolute atomic E-state index is 13.3. The Morgan fingerprint density at radius 3 is 2.29 bits per heavy atom. The summed E-state index contributed by atoms with van der Waals surface area (Å²) in [7, 11) is 0. The average Bonchev–Trinajstić information content (AvgIpc) is 3.16. The number of benzene rings is 3. The maximum Gasteiger partial charge on any atom is 0.312 e. The second kappa shape index (κ2) is 9.25. The average molecular weight is 510 g/mol. The molecule has 6 heteroatoms. The van der Waals surface area contributed by atoms with Crippen molar-refractivity contribution in [3.8, 4) is 0 Å². The molecule has 2 N–H and O–H groups in total. The molecule has 2 aliphatic rings. The van der Waals surface area contributed by atoms with Gasteiger partial charge in [-0.2, -0.15) is 0 Å². The molecule has 4 nitrogen and oxygen atoms in total. The van der Waals surface area contributed by atoms with E-state index in [2.05, 4.69) is 17.0 Å². The molecule has 182 valence electrons. The molecule has 1 aliphatic heterocycles. The highest BCUT2D eigenvalue weighted by molar-refractivity contribution is 6.42. The van der Waals surface area contributed by atoms with Gasteiger partial charge in [-0.25, -0.2) is 0 Å². The Morgan fingerprint density at radius 2 is 1.66 bits per heavy atom. The first-order valence-electron chi connectivity index (χ1n) is 12.0. The number of aliphatic carboxylic acids is 1. The van der Waals surface area contributed by atoms with Gasteiger partial charge in [0.05, 0.1) is 21.1 Å². The lowest BCUT2D eigenvalue weighted by Crippen LogP contribution is -2.57. The van der Waals surface area contributed by atoms with Crippen molar-refractivity contribution in [3.05, 3.63) is 106 Å². The quantitative estimate of drug-likeness (QED) is 0.420. The van der Waals surface area contributed by atoms with Gasteiger partial charge in [-0.3, -0.25) is 9.69 Å². The van der Waals surface area contributed by atoms with Gasteiger partial charge in [0, 0.05) is 31.0 Å². The minimum Gasteiger partial charge on any atom is -0.481 e. The monoisotopic (exact) mass is 509 g/mol. The first-order valence-corrected chi connectivity index (χ1v) is 12.8. The molecule has 5 unspecified atom stereocenters. The van der Waals surface area contributed by atoms with Crippen molar-refractivity contribution in [2.75, 3.05) is 6.54 Å². The fourth-order valence-electron chi connectivity index (χ4n) is 6.76. The number of nitrogens with zero attached hydrogens (tertiary/aromatic N) is 1. The van der Waals surface area contributed by atoms with Crippen molar-refractivity contribution in [1.29, 1.82) is 0 Å². The Labute approximate surface area is 216 Å². The van der Waals surface area contributed by atoms with Crippen LogP contribution in [-0.4, -0.2) is 33.7 Å². The number of hydrogen-bond acceptors (Lipinski definition) is 3. The lowest BCUT2D eigenvalue weighted by Gasteiger charge is -2.52. The van der Waals surface area contributed by atoms with Crippen LogP contribution in [0.4, 0.5) is 0 Å². The molecule has 1 saturated heterocycles. The fourth-order valence-corrected chi connectivity index (χ4v) is 7.05. The molecular weight excluding hydrogens is 481 g/mol. The lowest BCUT2D eigenvalue weighted by atomic mass is 9.52. The van der Waals surface area contributed by atoms with Crippen LogP contribution in [0.25, 0.3) is 0 Å². The summed E-state index contributed by atoms with van der Waals surface area (Å²) in [6, 6.07) is 25.0. The summed E-state index contributed by atoms with van der Waals surface area (Å²) in [5, 5.41) is 24.1. The van der Waals surface area contributed by atoms with Gasteiger partial charge in [0.2, 0.25) is 0 Å². The largest absolute Gasteiger partial charge is 0.481 e. The van der Waals surface area contributed by atoms with Crippen molar-refractivity contribution in [3.63, 3.8) is 0 Å². The van der Waals surface area contributed by atoms with E-state index in [9.17, 15) is 15.0 Å². The minimum atomic E-state index is -1.36. The van der Waals surface area contributed by atoms with Crippen LogP contribution in [0.2, 0.25) is 10.0 Å². The van der Waals surface area contributed by atoms with Crippen LogP contribution in [0.3, 0.4) is 0 Å². The molecule has 0 bridgehead atoms. The number of hydrogen-bond donors (Lipinski definition) is 2. The van der Waals surface area contributed by atoms with Gasteiger partial charge in [0.1, 0.15) is 0 Å². The number of fused-ring (bicyclic) bond motifs is 1. The van der Waals surface area contributed by atoms with Gasteiger partial charge in [0.25, 0.3) is 0 Å². The number of carboxylic acids is 1. The summed E-state index contributed by atoms with van der Waals surface area (Å²) in [6.07, 6.45) is 0.989. The number of halogens is 2. The van der Waals surface area contributed by atoms with Crippen LogP contribution >= 0.6 is 23.2 Å². The molecule has 1 saturated carbocycles. The molecule has 35 heavy (non-hydrogen) atoms.